The molecule has 0 aliphatic carbocycles. The van der Waals surface area contributed by atoms with Crippen molar-refractivity contribution in [1.29, 1.82) is 0 Å². The molecule has 7 nitrogen and oxygen atoms in total. The molecule has 0 saturated carbocycles. The summed E-state index contributed by atoms with van der Waals surface area (Å²) >= 11 is 0. The Kier molecular flexibility index (Phi) is 17.5. The van der Waals surface area contributed by atoms with Crippen molar-refractivity contribution in [3.8, 4) is 0 Å². The van der Waals surface area contributed by atoms with Crippen LogP contribution < -0.4 is 16.0 Å². The third-order valence-corrected chi connectivity index (χ3v) is 4.04. The molecule has 0 atom stereocenters. The summed E-state index contributed by atoms with van der Waals surface area (Å²) in [6, 6.07) is 7.83. The van der Waals surface area contributed by atoms with Crippen molar-refractivity contribution < 1.29 is 14.3 Å². The number of carbonyl (C=O) groups is 1. The number of anilines is 1. The monoisotopic (exact) mass is 534 g/mol. The molecule has 1 amide bonds. The van der Waals surface area contributed by atoms with E-state index in [2.05, 4.69) is 27.9 Å². The predicted octanol–water partition coefficient (Wildman–Crippen LogP) is 3.79. The van der Waals surface area contributed by atoms with Gasteiger partial charge in [-0.15, -0.1) is 24.0 Å². The maximum atomic E-state index is 11.9. The Hall–Kier alpha value is -1.39. The first-order chi connectivity index (χ1) is 14.0. The molecule has 1 aromatic rings. The number of hydrogen-bond acceptors (Lipinski definition) is 4. The van der Waals surface area contributed by atoms with E-state index in [0.29, 0.717) is 51.2 Å². The third-order valence-electron chi connectivity index (χ3n) is 4.04. The molecule has 1 aromatic carbocycles. The fourth-order valence-corrected chi connectivity index (χ4v) is 2.56. The Balaban J connectivity index is 0.00000841. The molecule has 30 heavy (non-hydrogen) atoms. The highest BCUT2D eigenvalue weighted by atomic mass is 127. The van der Waals surface area contributed by atoms with Gasteiger partial charge in [-0.1, -0.05) is 39.3 Å². The molecule has 172 valence electrons. The Bertz CT molecular complexity index is 612. The summed E-state index contributed by atoms with van der Waals surface area (Å²) in [6.07, 6.45) is 2.76. The molecule has 0 aliphatic rings. The number of guanidine groups is 1. The number of aliphatic imine (C=N–C) groups is 1. The lowest BCUT2D eigenvalue weighted by atomic mass is 10.1. The SMILES string of the molecule is CCCCOCCOCCNC(=NC)NCc1cccc(NC(=O)CC(C)C)c1.I. The van der Waals surface area contributed by atoms with Gasteiger partial charge in [0.15, 0.2) is 5.96 Å². The minimum Gasteiger partial charge on any atom is -0.379 e. The van der Waals surface area contributed by atoms with E-state index in [0.717, 1.165) is 30.7 Å². The minimum atomic E-state index is 0. The van der Waals surface area contributed by atoms with Crippen LogP contribution in [-0.2, 0) is 20.8 Å². The number of unbranched alkanes of at least 4 members (excludes halogenated alkanes) is 1. The zero-order valence-corrected chi connectivity index (χ0v) is 21.2. The van der Waals surface area contributed by atoms with Crippen LogP contribution in [0.25, 0.3) is 0 Å². The molecule has 0 fully saturated rings. The van der Waals surface area contributed by atoms with Gasteiger partial charge < -0.3 is 25.4 Å². The highest BCUT2D eigenvalue weighted by molar-refractivity contribution is 14.0. The first-order valence-electron chi connectivity index (χ1n) is 10.5. The van der Waals surface area contributed by atoms with E-state index >= 15 is 0 Å². The van der Waals surface area contributed by atoms with Gasteiger partial charge >= 0.3 is 0 Å². The Labute approximate surface area is 198 Å². The van der Waals surface area contributed by atoms with Crippen LogP contribution in [0.15, 0.2) is 29.3 Å². The normalized spacial score (nSPS) is 11.2. The van der Waals surface area contributed by atoms with E-state index in [4.69, 9.17) is 9.47 Å². The number of amides is 1. The zero-order chi connectivity index (χ0) is 21.3. The van der Waals surface area contributed by atoms with Crippen molar-refractivity contribution in [2.45, 2.75) is 46.6 Å². The van der Waals surface area contributed by atoms with Crippen molar-refractivity contribution in [3.05, 3.63) is 29.8 Å². The van der Waals surface area contributed by atoms with Crippen LogP contribution in [0.3, 0.4) is 0 Å². The summed E-state index contributed by atoms with van der Waals surface area (Å²) in [5, 5.41) is 9.44. The molecule has 0 aliphatic heterocycles. The van der Waals surface area contributed by atoms with Gasteiger partial charge in [0.1, 0.15) is 0 Å². The number of nitrogens with zero attached hydrogens (tertiary/aromatic N) is 1. The predicted molar refractivity (Wildman–Crippen MR) is 135 cm³/mol. The van der Waals surface area contributed by atoms with Crippen LogP contribution in [0.1, 0.15) is 45.6 Å². The largest absolute Gasteiger partial charge is 0.379 e. The third kappa shape index (κ3) is 14.6. The van der Waals surface area contributed by atoms with E-state index in [9.17, 15) is 4.79 Å². The fraction of sp³-hybridized carbons (Fsp3) is 0.636. The van der Waals surface area contributed by atoms with E-state index in [1.165, 1.54) is 0 Å². The van der Waals surface area contributed by atoms with Crippen molar-refractivity contribution in [1.82, 2.24) is 10.6 Å². The van der Waals surface area contributed by atoms with Gasteiger partial charge in [-0.25, -0.2) is 0 Å². The van der Waals surface area contributed by atoms with Gasteiger partial charge in [0.2, 0.25) is 5.91 Å². The van der Waals surface area contributed by atoms with Crippen molar-refractivity contribution in [2.24, 2.45) is 10.9 Å². The van der Waals surface area contributed by atoms with Crippen LogP contribution >= 0.6 is 24.0 Å². The van der Waals surface area contributed by atoms with Gasteiger partial charge in [-0.3, -0.25) is 9.79 Å². The second kappa shape index (κ2) is 18.4. The summed E-state index contributed by atoms with van der Waals surface area (Å²) in [5.41, 5.74) is 1.88. The molecule has 0 spiro atoms. The highest BCUT2D eigenvalue weighted by Crippen LogP contribution is 2.12. The van der Waals surface area contributed by atoms with Crippen molar-refractivity contribution in [2.75, 3.05) is 45.3 Å². The lowest BCUT2D eigenvalue weighted by Crippen LogP contribution is -2.38. The number of hydrogen-bond donors (Lipinski definition) is 3. The second-order valence-corrected chi connectivity index (χ2v) is 7.28. The van der Waals surface area contributed by atoms with Gasteiger partial charge in [0.05, 0.1) is 19.8 Å². The molecule has 3 N–H and O–H groups in total. The summed E-state index contributed by atoms with van der Waals surface area (Å²) in [4.78, 5) is 16.1. The number of benzene rings is 1. The summed E-state index contributed by atoms with van der Waals surface area (Å²) in [6.45, 7) is 10.1. The van der Waals surface area contributed by atoms with Crippen LogP contribution in [-0.4, -0.2) is 51.9 Å². The quantitative estimate of drug-likeness (QED) is 0.147. The highest BCUT2D eigenvalue weighted by Gasteiger charge is 2.06. The lowest BCUT2D eigenvalue weighted by Gasteiger charge is -2.13. The zero-order valence-electron chi connectivity index (χ0n) is 18.8. The van der Waals surface area contributed by atoms with E-state index < -0.39 is 0 Å². The summed E-state index contributed by atoms with van der Waals surface area (Å²) in [5.74, 6) is 1.09. The topological polar surface area (TPSA) is 84.0 Å². The van der Waals surface area contributed by atoms with E-state index in [1.807, 2.05) is 38.1 Å². The molecule has 0 unspecified atom stereocenters. The number of halogens is 1. The van der Waals surface area contributed by atoms with Crippen LogP contribution in [0.2, 0.25) is 0 Å². The molecule has 0 heterocycles. The Morgan fingerprint density at radius 1 is 1.10 bits per heavy atom. The minimum absolute atomic E-state index is 0. The van der Waals surface area contributed by atoms with Crippen LogP contribution in [0, 0.1) is 5.92 Å². The maximum absolute atomic E-state index is 11.9. The number of nitrogens with one attached hydrogen (secondary N) is 3. The Morgan fingerprint density at radius 3 is 2.50 bits per heavy atom. The van der Waals surface area contributed by atoms with Gasteiger partial charge in [0.25, 0.3) is 0 Å². The standard InChI is InChI=1S/C22H38N4O3.HI/c1-5-6-11-28-13-14-29-12-10-24-22(23-4)25-17-19-8-7-9-20(16-19)26-21(27)15-18(2)3;/h7-9,16,18H,5-6,10-15,17H2,1-4H3,(H,26,27)(H2,23,24,25);1H. The molecule has 0 aromatic heterocycles. The number of ether oxygens (including phenoxy) is 2. The first-order valence-corrected chi connectivity index (χ1v) is 10.5. The Morgan fingerprint density at radius 2 is 1.83 bits per heavy atom. The molecular weight excluding hydrogens is 495 g/mol. The molecule has 0 bridgehead atoms. The molecule has 8 heteroatoms. The fourth-order valence-electron chi connectivity index (χ4n) is 2.56. The van der Waals surface area contributed by atoms with Gasteiger partial charge in [0, 0.05) is 38.9 Å². The maximum Gasteiger partial charge on any atom is 0.224 e. The van der Waals surface area contributed by atoms with Crippen LogP contribution in [0.5, 0.6) is 0 Å². The van der Waals surface area contributed by atoms with Crippen LogP contribution in [0.4, 0.5) is 5.69 Å². The van der Waals surface area contributed by atoms with Crippen molar-refractivity contribution in [3.63, 3.8) is 0 Å². The lowest BCUT2D eigenvalue weighted by molar-refractivity contribution is -0.116. The van der Waals surface area contributed by atoms with E-state index in [-0.39, 0.29) is 29.9 Å². The second-order valence-electron chi connectivity index (χ2n) is 7.28. The molecule has 0 radical (unpaired) electrons. The smallest absolute Gasteiger partial charge is 0.224 e. The van der Waals surface area contributed by atoms with Crippen molar-refractivity contribution >= 4 is 41.5 Å². The number of carbonyl (C=O) groups excluding carboxylic acids is 1. The van der Waals surface area contributed by atoms with E-state index in [1.54, 1.807) is 7.05 Å². The van der Waals surface area contributed by atoms with Gasteiger partial charge in [-0.2, -0.15) is 0 Å². The molecule has 1 rings (SSSR count). The summed E-state index contributed by atoms with van der Waals surface area (Å²) < 4.78 is 11.0. The molecular formula is C22H39IN4O3. The number of rotatable bonds is 14. The first kappa shape index (κ1) is 28.6. The average molecular weight is 534 g/mol. The summed E-state index contributed by atoms with van der Waals surface area (Å²) in [7, 11) is 1.74. The average Bonchev–Trinajstić information content (AvgIpc) is 2.68. The molecule has 0 saturated heterocycles. The van der Waals surface area contributed by atoms with Gasteiger partial charge in [-0.05, 0) is 30.0 Å².